The Hall–Kier alpha value is -2.64. The Morgan fingerprint density at radius 1 is 1.36 bits per heavy atom. The van der Waals surface area contributed by atoms with Gasteiger partial charge in [-0.1, -0.05) is 0 Å². The zero-order valence-electron chi connectivity index (χ0n) is 14.4. The van der Waals surface area contributed by atoms with E-state index in [1.807, 2.05) is 41.8 Å². The van der Waals surface area contributed by atoms with Gasteiger partial charge in [0, 0.05) is 54.1 Å². The third-order valence-corrected chi connectivity index (χ3v) is 4.79. The van der Waals surface area contributed by atoms with E-state index in [0.29, 0.717) is 13.1 Å². The Balaban J connectivity index is 1.88. The Morgan fingerprint density at radius 3 is 2.92 bits per heavy atom. The van der Waals surface area contributed by atoms with E-state index in [1.165, 1.54) is 0 Å². The molecule has 3 heterocycles. The van der Waals surface area contributed by atoms with Crippen LogP contribution in [0.1, 0.15) is 23.9 Å². The van der Waals surface area contributed by atoms with E-state index in [1.54, 1.807) is 6.20 Å². The summed E-state index contributed by atoms with van der Waals surface area (Å²) in [7, 11) is 1.98. The SMILES string of the molecule is Cc1[nH]nc2c1C(O)N(CCCN)c1ccc(-c3nccn3C)cc1-2. The lowest BCUT2D eigenvalue weighted by atomic mass is 9.95. The maximum absolute atomic E-state index is 10.9. The van der Waals surface area contributed by atoms with Gasteiger partial charge in [0.15, 0.2) is 6.23 Å². The summed E-state index contributed by atoms with van der Waals surface area (Å²) >= 11 is 0. The third kappa shape index (κ3) is 2.43. The smallest absolute Gasteiger partial charge is 0.157 e. The summed E-state index contributed by atoms with van der Waals surface area (Å²) in [6.07, 6.45) is 3.81. The van der Waals surface area contributed by atoms with Crippen molar-refractivity contribution >= 4 is 5.69 Å². The minimum Gasteiger partial charge on any atom is -0.369 e. The fourth-order valence-corrected chi connectivity index (χ4v) is 3.51. The summed E-state index contributed by atoms with van der Waals surface area (Å²) in [6, 6.07) is 6.16. The molecule has 0 bridgehead atoms. The highest BCUT2D eigenvalue weighted by molar-refractivity contribution is 5.85. The first-order valence-corrected chi connectivity index (χ1v) is 8.43. The lowest BCUT2D eigenvalue weighted by Crippen LogP contribution is -2.34. The number of hydrogen-bond donors (Lipinski definition) is 3. The number of aliphatic hydroxyl groups is 1. The van der Waals surface area contributed by atoms with Crippen molar-refractivity contribution in [1.82, 2.24) is 19.7 Å². The van der Waals surface area contributed by atoms with Gasteiger partial charge in [0.1, 0.15) is 11.5 Å². The second kappa shape index (κ2) is 6.02. The number of aromatic amines is 1. The van der Waals surface area contributed by atoms with Crippen LogP contribution < -0.4 is 10.6 Å². The quantitative estimate of drug-likeness (QED) is 0.676. The van der Waals surface area contributed by atoms with Crippen molar-refractivity contribution in [1.29, 1.82) is 0 Å². The molecule has 0 amide bonds. The Kier molecular flexibility index (Phi) is 3.82. The monoisotopic (exact) mass is 338 g/mol. The van der Waals surface area contributed by atoms with Crippen LogP contribution in [0.3, 0.4) is 0 Å². The fourth-order valence-electron chi connectivity index (χ4n) is 3.51. The van der Waals surface area contributed by atoms with Crippen LogP contribution in [0.2, 0.25) is 0 Å². The van der Waals surface area contributed by atoms with Crippen LogP contribution >= 0.6 is 0 Å². The molecule has 1 aliphatic heterocycles. The molecule has 0 saturated carbocycles. The molecule has 0 aliphatic carbocycles. The highest BCUT2D eigenvalue weighted by atomic mass is 16.3. The summed E-state index contributed by atoms with van der Waals surface area (Å²) in [5.41, 5.74) is 11.2. The molecule has 0 spiro atoms. The maximum Gasteiger partial charge on any atom is 0.157 e. The number of H-pyrrole nitrogens is 1. The van der Waals surface area contributed by atoms with E-state index in [0.717, 1.165) is 46.0 Å². The van der Waals surface area contributed by atoms with Crippen LogP contribution in [0.4, 0.5) is 5.69 Å². The predicted octanol–water partition coefficient (Wildman–Crippen LogP) is 1.95. The molecule has 7 heteroatoms. The number of nitrogens with two attached hydrogens (primary N) is 1. The second-order valence-corrected chi connectivity index (χ2v) is 6.41. The number of anilines is 1. The average Bonchev–Trinajstić information content (AvgIpc) is 3.21. The lowest BCUT2D eigenvalue weighted by Gasteiger charge is -2.35. The molecule has 0 saturated heterocycles. The molecular weight excluding hydrogens is 316 g/mol. The van der Waals surface area contributed by atoms with Gasteiger partial charge in [0.2, 0.25) is 0 Å². The zero-order valence-corrected chi connectivity index (χ0v) is 14.4. The molecular formula is C18H22N6O. The fraction of sp³-hybridized carbons (Fsp3) is 0.333. The van der Waals surface area contributed by atoms with Gasteiger partial charge >= 0.3 is 0 Å². The molecule has 1 aliphatic rings. The number of aryl methyl sites for hydroxylation is 2. The van der Waals surface area contributed by atoms with Gasteiger partial charge in [-0.3, -0.25) is 5.10 Å². The molecule has 1 unspecified atom stereocenters. The lowest BCUT2D eigenvalue weighted by molar-refractivity contribution is 0.169. The van der Waals surface area contributed by atoms with Crippen molar-refractivity contribution in [3.8, 4) is 22.6 Å². The predicted molar refractivity (Wildman–Crippen MR) is 96.9 cm³/mol. The van der Waals surface area contributed by atoms with E-state index in [9.17, 15) is 5.11 Å². The molecule has 0 fully saturated rings. The summed E-state index contributed by atoms with van der Waals surface area (Å²) in [6.45, 7) is 3.21. The van der Waals surface area contributed by atoms with E-state index >= 15 is 0 Å². The third-order valence-electron chi connectivity index (χ3n) is 4.79. The second-order valence-electron chi connectivity index (χ2n) is 6.41. The normalized spacial score (nSPS) is 16.0. The molecule has 1 aromatic carbocycles. The number of nitrogens with zero attached hydrogens (tertiary/aromatic N) is 4. The molecule has 1 atom stereocenters. The van der Waals surface area contributed by atoms with Gasteiger partial charge in [0.05, 0.1) is 0 Å². The van der Waals surface area contributed by atoms with Crippen molar-refractivity contribution in [3.05, 3.63) is 41.9 Å². The van der Waals surface area contributed by atoms with Gasteiger partial charge in [0.25, 0.3) is 0 Å². The van der Waals surface area contributed by atoms with Gasteiger partial charge < -0.3 is 20.3 Å². The number of benzene rings is 1. The van der Waals surface area contributed by atoms with Gasteiger partial charge in [-0.2, -0.15) is 5.10 Å². The van der Waals surface area contributed by atoms with E-state index in [4.69, 9.17) is 5.73 Å². The van der Waals surface area contributed by atoms with Gasteiger partial charge in [-0.15, -0.1) is 0 Å². The summed E-state index contributed by atoms with van der Waals surface area (Å²) in [5.74, 6) is 0.899. The molecule has 130 valence electrons. The van der Waals surface area contributed by atoms with Gasteiger partial charge in [-0.05, 0) is 38.1 Å². The van der Waals surface area contributed by atoms with Crippen LogP contribution in [0.15, 0.2) is 30.6 Å². The molecule has 0 radical (unpaired) electrons. The van der Waals surface area contributed by atoms with Crippen molar-refractivity contribution in [2.45, 2.75) is 19.6 Å². The molecule has 4 rings (SSSR count). The van der Waals surface area contributed by atoms with Crippen molar-refractivity contribution in [2.75, 3.05) is 18.0 Å². The first-order chi connectivity index (χ1) is 12.1. The summed E-state index contributed by atoms with van der Waals surface area (Å²) in [5, 5.41) is 18.3. The van der Waals surface area contributed by atoms with Crippen LogP contribution in [0.25, 0.3) is 22.6 Å². The number of imidazole rings is 1. The van der Waals surface area contributed by atoms with Crippen molar-refractivity contribution < 1.29 is 5.11 Å². The van der Waals surface area contributed by atoms with E-state index in [2.05, 4.69) is 21.2 Å². The highest BCUT2D eigenvalue weighted by Gasteiger charge is 2.33. The first-order valence-electron chi connectivity index (χ1n) is 8.43. The van der Waals surface area contributed by atoms with Crippen molar-refractivity contribution in [2.24, 2.45) is 12.8 Å². The first kappa shape index (κ1) is 15.9. The molecule has 4 N–H and O–H groups in total. The standard InChI is InChI=1S/C18H22N6O/c1-11-15-16(22-21-11)13-10-12(17-20-7-9-23(17)2)4-5-14(13)24(18(15)25)8-3-6-19/h4-5,7,9-10,18,25H,3,6,8,19H2,1-2H3,(H,21,22). The largest absolute Gasteiger partial charge is 0.369 e. The van der Waals surface area contributed by atoms with Crippen LogP contribution in [0, 0.1) is 6.92 Å². The average molecular weight is 338 g/mol. The highest BCUT2D eigenvalue weighted by Crippen LogP contribution is 2.45. The Bertz CT molecular complexity index is 912. The minimum absolute atomic E-state index is 0.584. The van der Waals surface area contributed by atoms with Crippen LogP contribution in [0.5, 0.6) is 0 Å². The minimum atomic E-state index is -0.716. The Labute approximate surface area is 146 Å². The molecule has 2 aromatic heterocycles. The summed E-state index contributed by atoms with van der Waals surface area (Å²) < 4.78 is 1.99. The molecule has 25 heavy (non-hydrogen) atoms. The Morgan fingerprint density at radius 2 is 2.20 bits per heavy atom. The number of nitrogens with one attached hydrogen (secondary N) is 1. The number of aliphatic hydroxyl groups excluding tert-OH is 1. The van der Waals surface area contributed by atoms with E-state index in [-0.39, 0.29) is 0 Å². The van der Waals surface area contributed by atoms with Crippen LogP contribution in [-0.2, 0) is 7.05 Å². The number of aromatic nitrogens is 4. The van der Waals surface area contributed by atoms with E-state index < -0.39 is 6.23 Å². The maximum atomic E-state index is 10.9. The van der Waals surface area contributed by atoms with Crippen LogP contribution in [-0.4, -0.2) is 37.9 Å². The van der Waals surface area contributed by atoms with Gasteiger partial charge in [-0.25, -0.2) is 4.98 Å². The topological polar surface area (TPSA) is 96.0 Å². The zero-order chi connectivity index (χ0) is 17.6. The number of rotatable bonds is 4. The number of hydrogen-bond acceptors (Lipinski definition) is 5. The summed E-state index contributed by atoms with van der Waals surface area (Å²) in [4.78, 5) is 6.43. The van der Waals surface area contributed by atoms with Crippen molar-refractivity contribution in [3.63, 3.8) is 0 Å². The number of fused-ring (bicyclic) bond motifs is 3. The molecule has 7 nitrogen and oxygen atoms in total. The molecule has 3 aromatic rings.